The Morgan fingerprint density at radius 2 is 1.79 bits per heavy atom. The zero-order valence-corrected chi connectivity index (χ0v) is 12.6. The van der Waals surface area contributed by atoms with E-state index in [1.54, 1.807) is 11.3 Å². The Kier molecular flexibility index (Phi) is 3.40. The molecule has 19 heavy (non-hydrogen) atoms. The van der Waals surface area contributed by atoms with Crippen molar-refractivity contribution in [2.75, 3.05) is 0 Å². The Morgan fingerprint density at radius 1 is 1.05 bits per heavy atom. The predicted molar refractivity (Wildman–Crippen MR) is 81.0 cm³/mol. The van der Waals surface area contributed by atoms with E-state index in [1.165, 1.54) is 0 Å². The van der Waals surface area contributed by atoms with Gasteiger partial charge in [-0.15, -0.1) is 11.3 Å². The van der Waals surface area contributed by atoms with Crippen LogP contribution in [0.3, 0.4) is 0 Å². The Hall–Kier alpha value is -1.59. The molecular weight excluding hydrogens is 322 g/mol. The van der Waals surface area contributed by atoms with Crippen molar-refractivity contribution in [2.45, 2.75) is 6.92 Å². The highest BCUT2D eigenvalue weighted by Gasteiger charge is 2.08. The molecule has 0 radical (unpaired) electrons. The smallest absolute Gasteiger partial charge is 0.159 e. The summed E-state index contributed by atoms with van der Waals surface area (Å²) in [5.41, 5.74) is 2.94. The minimum atomic E-state index is 0.765. The van der Waals surface area contributed by atoms with Gasteiger partial charge in [0.15, 0.2) is 3.92 Å². The number of halogens is 1. The third-order valence-corrected chi connectivity index (χ3v) is 4.14. The average molecular weight is 332 g/mol. The molecule has 3 aromatic rings. The summed E-state index contributed by atoms with van der Waals surface area (Å²) < 4.78 is 0.861. The summed E-state index contributed by atoms with van der Waals surface area (Å²) in [7, 11) is 0. The van der Waals surface area contributed by atoms with Gasteiger partial charge in [-0.25, -0.2) is 15.0 Å². The van der Waals surface area contributed by atoms with Crippen LogP contribution in [0.5, 0.6) is 0 Å². The largest absolute Gasteiger partial charge is 0.237 e. The van der Waals surface area contributed by atoms with Crippen molar-refractivity contribution in [1.29, 1.82) is 0 Å². The van der Waals surface area contributed by atoms with E-state index in [0.717, 1.165) is 31.6 Å². The first-order chi connectivity index (χ1) is 9.22. The summed E-state index contributed by atoms with van der Waals surface area (Å²) in [5, 5.41) is 0. The van der Waals surface area contributed by atoms with Gasteiger partial charge in [-0.1, -0.05) is 30.3 Å². The van der Waals surface area contributed by atoms with E-state index in [4.69, 9.17) is 0 Å². The van der Waals surface area contributed by atoms with Gasteiger partial charge < -0.3 is 0 Å². The number of aromatic nitrogens is 3. The normalized spacial score (nSPS) is 10.6. The zero-order chi connectivity index (χ0) is 13.2. The standard InChI is InChI=1S/C14H10BrN3S/c1-9-17-11(10-5-3-2-4-6-10)7-12(18-9)13-8-16-14(15)19-13/h2-8H,1H3. The first kappa shape index (κ1) is 12.4. The van der Waals surface area contributed by atoms with E-state index in [9.17, 15) is 0 Å². The molecular formula is C14H10BrN3S. The van der Waals surface area contributed by atoms with Gasteiger partial charge in [0.2, 0.25) is 0 Å². The molecule has 1 aromatic carbocycles. The van der Waals surface area contributed by atoms with Gasteiger partial charge in [0.25, 0.3) is 0 Å². The van der Waals surface area contributed by atoms with Crippen molar-refractivity contribution in [2.24, 2.45) is 0 Å². The molecule has 0 aliphatic carbocycles. The third kappa shape index (κ3) is 2.72. The molecule has 2 aromatic heterocycles. The van der Waals surface area contributed by atoms with E-state index in [0.29, 0.717) is 0 Å². The number of benzene rings is 1. The van der Waals surface area contributed by atoms with Gasteiger partial charge in [-0.05, 0) is 28.9 Å². The average Bonchev–Trinajstić information content (AvgIpc) is 2.86. The molecule has 0 spiro atoms. The molecule has 0 aliphatic rings. The van der Waals surface area contributed by atoms with Crippen molar-refractivity contribution < 1.29 is 0 Å². The second-order valence-electron chi connectivity index (χ2n) is 4.03. The minimum absolute atomic E-state index is 0.765. The molecule has 3 rings (SSSR count). The van der Waals surface area contributed by atoms with Crippen LogP contribution in [0, 0.1) is 6.92 Å². The Balaban J connectivity index is 2.11. The van der Waals surface area contributed by atoms with Crippen molar-refractivity contribution >= 4 is 27.3 Å². The monoisotopic (exact) mass is 331 g/mol. The summed E-state index contributed by atoms with van der Waals surface area (Å²) in [6.45, 7) is 1.91. The zero-order valence-electron chi connectivity index (χ0n) is 10.2. The van der Waals surface area contributed by atoms with Crippen molar-refractivity contribution in [3.8, 4) is 21.8 Å². The lowest BCUT2D eigenvalue weighted by Gasteiger charge is -2.04. The van der Waals surface area contributed by atoms with E-state index < -0.39 is 0 Å². The fourth-order valence-electron chi connectivity index (χ4n) is 1.82. The van der Waals surface area contributed by atoms with Gasteiger partial charge in [0.1, 0.15) is 5.82 Å². The van der Waals surface area contributed by atoms with Crippen LogP contribution in [0.25, 0.3) is 21.8 Å². The molecule has 0 bridgehead atoms. The lowest BCUT2D eigenvalue weighted by molar-refractivity contribution is 1.06. The Labute approximate surface area is 123 Å². The molecule has 0 amide bonds. The van der Waals surface area contributed by atoms with E-state index >= 15 is 0 Å². The number of nitrogens with zero attached hydrogens (tertiary/aromatic N) is 3. The molecule has 0 atom stereocenters. The van der Waals surface area contributed by atoms with E-state index in [-0.39, 0.29) is 0 Å². The lowest BCUT2D eigenvalue weighted by Crippen LogP contribution is -1.93. The van der Waals surface area contributed by atoms with Crippen LogP contribution in [0.1, 0.15) is 5.82 Å². The number of hydrogen-bond acceptors (Lipinski definition) is 4. The first-order valence-electron chi connectivity index (χ1n) is 5.75. The first-order valence-corrected chi connectivity index (χ1v) is 7.36. The molecule has 3 nitrogen and oxygen atoms in total. The van der Waals surface area contributed by atoms with Crippen LogP contribution in [0.15, 0.2) is 46.5 Å². The summed E-state index contributed by atoms with van der Waals surface area (Å²) in [6.07, 6.45) is 1.82. The molecule has 0 fully saturated rings. The minimum Gasteiger partial charge on any atom is -0.237 e. The maximum atomic E-state index is 4.50. The number of rotatable bonds is 2. The number of aryl methyl sites for hydroxylation is 1. The Bertz CT molecular complexity index is 710. The fraction of sp³-hybridized carbons (Fsp3) is 0.0714. The van der Waals surface area contributed by atoms with Gasteiger partial charge in [-0.2, -0.15) is 0 Å². The Morgan fingerprint density at radius 3 is 2.47 bits per heavy atom. The van der Waals surface area contributed by atoms with E-state index in [2.05, 4.69) is 30.9 Å². The second kappa shape index (κ2) is 5.19. The maximum Gasteiger partial charge on any atom is 0.159 e. The number of hydrogen-bond donors (Lipinski definition) is 0. The molecule has 0 unspecified atom stereocenters. The van der Waals surface area contributed by atoms with Crippen LogP contribution >= 0.6 is 27.3 Å². The van der Waals surface area contributed by atoms with Gasteiger partial charge in [0.05, 0.1) is 16.3 Å². The SMILES string of the molecule is Cc1nc(-c2ccccc2)cc(-c2cnc(Br)s2)n1. The van der Waals surface area contributed by atoms with E-state index in [1.807, 2.05) is 49.5 Å². The summed E-state index contributed by atoms with van der Waals surface area (Å²) in [4.78, 5) is 14.2. The lowest BCUT2D eigenvalue weighted by atomic mass is 10.1. The summed E-state index contributed by atoms with van der Waals surface area (Å²) in [6, 6.07) is 12.1. The van der Waals surface area contributed by atoms with Crippen LogP contribution in [0.4, 0.5) is 0 Å². The fourth-order valence-corrected chi connectivity index (χ4v) is 3.05. The third-order valence-electron chi connectivity index (χ3n) is 2.64. The van der Waals surface area contributed by atoms with Crippen LogP contribution < -0.4 is 0 Å². The second-order valence-corrected chi connectivity index (χ2v) is 6.34. The highest BCUT2D eigenvalue weighted by molar-refractivity contribution is 9.11. The van der Waals surface area contributed by atoms with Crippen molar-refractivity contribution in [3.63, 3.8) is 0 Å². The van der Waals surface area contributed by atoms with Crippen molar-refractivity contribution in [3.05, 3.63) is 52.3 Å². The highest BCUT2D eigenvalue weighted by Crippen LogP contribution is 2.29. The van der Waals surface area contributed by atoms with Gasteiger partial charge in [0, 0.05) is 11.8 Å². The summed E-state index contributed by atoms with van der Waals surface area (Å²) >= 11 is 4.94. The molecule has 0 N–H and O–H groups in total. The van der Waals surface area contributed by atoms with Crippen LogP contribution in [-0.2, 0) is 0 Å². The van der Waals surface area contributed by atoms with Crippen LogP contribution in [0.2, 0.25) is 0 Å². The molecule has 0 saturated carbocycles. The van der Waals surface area contributed by atoms with Crippen LogP contribution in [-0.4, -0.2) is 15.0 Å². The highest BCUT2D eigenvalue weighted by atomic mass is 79.9. The van der Waals surface area contributed by atoms with Gasteiger partial charge in [-0.3, -0.25) is 0 Å². The van der Waals surface area contributed by atoms with Gasteiger partial charge >= 0.3 is 0 Å². The van der Waals surface area contributed by atoms with Crippen molar-refractivity contribution in [1.82, 2.24) is 15.0 Å². The maximum absolute atomic E-state index is 4.50. The molecule has 5 heteroatoms. The summed E-state index contributed by atoms with van der Waals surface area (Å²) in [5.74, 6) is 0.765. The molecule has 2 heterocycles. The predicted octanol–water partition coefficient (Wildman–Crippen LogP) is 4.34. The molecule has 0 saturated heterocycles. The molecule has 0 aliphatic heterocycles. The quantitative estimate of drug-likeness (QED) is 0.701. The number of thiazole rings is 1. The topological polar surface area (TPSA) is 38.7 Å². The molecule has 94 valence electrons.